The SMILES string of the molecule is C[C@]12C=CC(=O)CC1CC[C@@H]1[C@@H]2CC[C@@]2(C)[C@H]1CC(O)[C@]2(C)O. The molecule has 4 rings (SSSR count). The molecular weight excluding hydrogens is 288 g/mol. The molecule has 0 bridgehead atoms. The van der Waals surface area contributed by atoms with Crippen molar-refractivity contribution in [2.24, 2.45) is 34.5 Å². The van der Waals surface area contributed by atoms with Crippen LogP contribution in [0.4, 0.5) is 0 Å². The van der Waals surface area contributed by atoms with Crippen molar-refractivity contribution in [3.63, 3.8) is 0 Å². The van der Waals surface area contributed by atoms with Gasteiger partial charge in [0.25, 0.3) is 0 Å². The molecule has 0 saturated heterocycles. The maximum Gasteiger partial charge on any atom is 0.155 e. The van der Waals surface area contributed by atoms with Gasteiger partial charge in [-0.3, -0.25) is 4.79 Å². The van der Waals surface area contributed by atoms with Crippen molar-refractivity contribution < 1.29 is 15.0 Å². The summed E-state index contributed by atoms with van der Waals surface area (Å²) in [5.74, 6) is 2.32. The fraction of sp³-hybridized carbons (Fsp3) is 0.850. The molecule has 0 heterocycles. The van der Waals surface area contributed by atoms with E-state index in [1.807, 2.05) is 13.0 Å². The highest BCUT2D eigenvalue weighted by Crippen LogP contribution is 2.67. The van der Waals surface area contributed by atoms with Crippen LogP contribution in [0.15, 0.2) is 12.2 Å². The van der Waals surface area contributed by atoms with Crippen LogP contribution in [-0.2, 0) is 4.79 Å². The second kappa shape index (κ2) is 4.70. The molecule has 4 aliphatic rings. The molecule has 3 saturated carbocycles. The highest BCUT2D eigenvalue weighted by Gasteiger charge is 2.65. The quantitative estimate of drug-likeness (QED) is 0.721. The first-order valence-electron chi connectivity index (χ1n) is 9.32. The van der Waals surface area contributed by atoms with Crippen LogP contribution in [0.3, 0.4) is 0 Å². The Morgan fingerprint density at radius 1 is 1.13 bits per heavy atom. The van der Waals surface area contributed by atoms with E-state index in [9.17, 15) is 15.0 Å². The van der Waals surface area contributed by atoms with Crippen LogP contribution in [0.2, 0.25) is 0 Å². The summed E-state index contributed by atoms with van der Waals surface area (Å²) in [5.41, 5.74) is -1.03. The predicted molar refractivity (Wildman–Crippen MR) is 88.7 cm³/mol. The van der Waals surface area contributed by atoms with Gasteiger partial charge in [-0.2, -0.15) is 0 Å². The molecule has 0 radical (unpaired) electrons. The van der Waals surface area contributed by atoms with Crippen LogP contribution >= 0.6 is 0 Å². The summed E-state index contributed by atoms with van der Waals surface area (Å²) < 4.78 is 0. The Morgan fingerprint density at radius 3 is 2.61 bits per heavy atom. The Kier molecular flexibility index (Phi) is 3.23. The van der Waals surface area contributed by atoms with Gasteiger partial charge in [0.2, 0.25) is 0 Å². The van der Waals surface area contributed by atoms with E-state index >= 15 is 0 Å². The molecule has 23 heavy (non-hydrogen) atoms. The molecule has 128 valence electrons. The number of hydrogen-bond donors (Lipinski definition) is 2. The molecule has 0 amide bonds. The Bertz CT molecular complexity index is 565. The van der Waals surface area contributed by atoms with Crippen molar-refractivity contribution in [1.82, 2.24) is 0 Å². The van der Waals surface area contributed by atoms with Crippen LogP contribution in [0.25, 0.3) is 0 Å². The minimum absolute atomic E-state index is 0.123. The third kappa shape index (κ3) is 1.87. The second-order valence-electron chi connectivity index (χ2n) is 9.38. The zero-order valence-corrected chi connectivity index (χ0v) is 14.6. The lowest BCUT2D eigenvalue weighted by Gasteiger charge is -2.59. The topological polar surface area (TPSA) is 57.5 Å². The third-order valence-corrected chi connectivity index (χ3v) is 8.71. The molecule has 4 aliphatic carbocycles. The smallest absolute Gasteiger partial charge is 0.155 e. The lowest BCUT2D eigenvalue weighted by Crippen LogP contribution is -2.56. The van der Waals surface area contributed by atoms with E-state index in [-0.39, 0.29) is 16.6 Å². The largest absolute Gasteiger partial charge is 0.390 e. The average Bonchev–Trinajstić information content (AvgIpc) is 2.67. The highest BCUT2D eigenvalue weighted by molar-refractivity contribution is 5.91. The van der Waals surface area contributed by atoms with Crippen LogP contribution in [0.1, 0.15) is 59.3 Å². The molecule has 2 unspecified atom stereocenters. The van der Waals surface area contributed by atoms with Crippen LogP contribution in [-0.4, -0.2) is 27.7 Å². The molecule has 0 aliphatic heterocycles. The van der Waals surface area contributed by atoms with Gasteiger partial charge in [-0.25, -0.2) is 0 Å². The molecule has 2 N–H and O–H groups in total. The number of fused-ring (bicyclic) bond motifs is 5. The number of aliphatic hydroxyl groups excluding tert-OH is 1. The zero-order valence-electron chi connectivity index (χ0n) is 14.6. The molecule has 0 aromatic rings. The van der Waals surface area contributed by atoms with Gasteiger partial charge in [0.05, 0.1) is 11.7 Å². The van der Waals surface area contributed by atoms with Gasteiger partial charge >= 0.3 is 0 Å². The first-order chi connectivity index (χ1) is 10.7. The lowest BCUT2D eigenvalue weighted by atomic mass is 9.45. The first kappa shape index (κ1) is 15.8. The second-order valence-corrected chi connectivity index (χ2v) is 9.38. The number of allylic oxidation sites excluding steroid dienone is 2. The minimum Gasteiger partial charge on any atom is -0.390 e. The summed E-state index contributed by atoms with van der Waals surface area (Å²) in [4.78, 5) is 11.8. The van der Waals surface area contributed by atoms with Crippen molar-refractivity contribution in [3.05, 3.63) is 12.2 Å². The van der Waals surface area contributed by atoms with Crippen LogP contribution in [0, 0.1) is 34.5 Å². The number of rotatable bonds is 0. The maximum atomic E-state index is 11.8. The van der Waals surface area contributed by atoms with Crippen molar-refractivity contribution in [2.45, 2.75) is 71.0 Å². The summed E-state index contributed by atoms with van der Waals surface area (Å²) >= 11 is 0. The molecule has 3 nitrogen and oxygen atoms in total. The van der Waals surface area contributed by atoms with E-state index in [1.165, 1.54) is 0 Å². The van der Waals surface area contributed by atoms with Gasteiger partial charge in [-0.1, -0.05) is 19.9 Å². The number of hydrogen-bond acceptors (Lipinski definition) is 3. The minimum atomic E-state index is -0.973. The zero-order chi connectivity index (χ0) is 16.6. The molecule has 0 aromatic heterocycles. The monoisotopic (exact) mass is 318 g/mol. The van der Waals surface area contributed by atoms with E-state index in [2.05, 4.69) is 19.9 Å². The van der Waals surface area contributed by atoms with Gasteiger partial charge in [-0.15, -0.1) is 0 Å². The third-order valence-electron chi connectivity index (χ3n) is 8.71. The van der Waals surface area contributed by atoms with E-state index in [4.69, 9.17) is 0 Å². The number of ketones is 1. The average molecular weight is 318 g/mol. The lowest BCUT2D eigenvalue weighted by molar-refractivity contribution is -0.151. The van der Waals surface area contributed by atoms with Crippen molar-refractivity contribution >= 4 is 5.78 Å². The van der Waals surface area contributed by atoms with Gasteiger partial charge in [0, 0.05) is 11.8 Å². The molecule has 3 heteroatoms. The van der Waals surface area contributed by atoms with Gasteiger partial charge in [0.15, 0.2) is 5.78 Å². The molecular formula is C20H30O3. The molecule has 8 atom stereocenters. The first-order valence-corrected chi connectivity index (χ1v) is 9.32. The normalized spacial score (nSPS) is 58.5. The highest BCUT2D eigenvalue weighted by atomic mass is 16.3. The van der Waals surface area contributed by atoms with Crippen LogP contribution in [0.5, 0.6) is 0 Å². The summed E-state index contributed by atoms with van der Waals surface area (Å²) in [5, 5.41) is 21.4. The van der Waals surface area contributed by atoms with Gasteiger partial charge < -0.3 is 10.2 Å². The number of carbonyl (C=O) groups excluding carboxylic acids is 1. The summed E-state index contributed by atoms with van der Waals surface area (Å²) in [7, 11) is 0. The fourth-order valence-electron chi connectivity index (χ4n) is 6.87. The van der Waals surface area contributed by atoms with Crippen molar-refractivity contribution in [3.8, 4) is 0 Å². The standard InChI is InChI=1S/C20H30O3/c1-18-8-6-13(21)10-12(18)4-5-14-15(18)7-9-19(2)16(14)11-17(22)20(19,3)23/h6,8,12,14-17,22-23H,4-5,7,9-11H2,1-3H3/t12?,14-,15+,16+,17?,18+,19+,20+/m1/s1. The van der Waals surface area contributed by atoms with Crippen molar-refractivity contribution in [2.75, 3.05) is 0 Å². The Morgan fingerprint density at radius 2 is 1.87 bits per heavy atom. The Labute approximate surface area is 139 Å². The number of carbonyl (C=O) groups is 1. The maximum absolute atomic E-state index is 11.8. The predicted octanol–water partition coefficient (Wildman–Crippen LogP) is 3.10. The Hall–Kier alpha value is -0.670. The van der Waals surface area contributed by atoms with Crippen molar-refractivity contribution in [1.29, 1.82) is 0 Å². The van der Waals surface area contributed by atoms with E-state index in [0.29, 0.717) is 30.1 Å². The van der Waals surface area contributed by atoms with E-state index in [0.717, 1.165) is 32.1 Å². The number of aliphatic hydroxyl groups is 2. The Balaban J connectivity index is 1.70. The molecule has 3 fully saturated rings. The molecule has 0 aromatic carbocycles. The van der Waals surface area contributed by atoms with Gasteiger partial charge in [0.1, 0.15) is 0 Å². The summed E-state index contributed by atoms with van der Waals surface area (Å²) in [6, 6.07) is 0. The van der Waals surface area contributed by atoms with Crippen LogP contribution < -0.4 is 0 Å². The van der Waals surface area contributed by atoms with Gasteiger partial charge in [-0.05, 0) is 74.2 Å². The summed E-state index contributed by atoms with van der Waals surface area (Å²) in [6.07, 6.45) is 9.18. The fourth-order valence-corrected chi connectivity index (χ4v) is 6.87. The summed E-state index contributed by atoms with van der Waals surface area (Å²) in [6.45, 7) is 6.38. The van der Waals surface area contributed by atoms with E-state index in [1.54, 1.807) is 0 Å². The molecule has 0 spiro atoms. The van der Waals surface area contributed by atoms with E-state index < -0.39 is 11.7 Å².